The summed E-state index contributed by atoms with van der Waals surface area (Å²) in [6.45, 7) is 12.4. The van der Waals surface area contributed by atoms with Crippen LogP contribution in [-0.4, -0.2) is 94.2 Å². The predicted octanol–water partition coefficient (Wildman–Crippen LogP) is 4.37. The molecule has 3 aromatic rings. The number of nitrogens with zero attached hydrogens (tertiary/aromatic N) is 6. The lowest BCUT2D eigenvalue weighted by atomic mass is 9.92. The number of fused-ring (bicyclic) bond motifs is 1. The highest BCUT2D eigenvalue weighted by Crippen LogP contribution is 2.46. The van der Waals surface area contributed by atoms with Crippen LogP contribution in [0.15, 0.2) is 51.8 Å². The lowest BCUT2D eigenvalue weighted by Crippen LogP contribution is -2.44. The second-order valence-corrected chi connectivity index (χ2v) is 14.9. The van der Waals surface area contributed by atoms with Crippen molar-refractivity contribution in [2.45, 2.75) is 63.1 Å². The van der Waals surface area contributed by atoms with Gasteiger partial charge in [0.1, 0.15) is 10.9 Å². The van der Waals surface area contributed by atoms with Crippen molar-refractivity contribution in [1.82, 2.24) is 24.3 Å². The van der Waals surface area contributed by atoms with Crippen molar-refractivity contribution in [3.63, 3.8) is 0 Å². The number of likely N-dealkylation sites (tertiary alicyclic amines) is 1. The first-order valence-corrected chi connectivity index (χ1v) is 16.7. The van der Waals surface area contributed by atoms with Gasteiger partial charge in [-0.15, -0.1) is 11.8 Å². The summed E-state index contributed by atoms with van der Waals surface area (Å²) >= 11 is 1.62. The van der Waals surface area contributed by atoms with Crippen LogP contribution in [0.5, 0.6) is 0 Å². The van der Waals surface area contributed by atoms with Crippen molar-refractivity contribution in [3.8, 4) is 0 Å². The van der Waals surface area contributed by atoms with Gasteiger partial charge in [0.15, 0.2) is 0 Å². The van der Waals surface area contributed by atoms with E-state index in [-0.39, 0.29) is 35.1 Å². The molecule has 3 aliphatic rings. The number of hydrogen-bond acceptors (Lipinski definition) is 8. The molecule has 10 nitrogen and oxygen atoms in total. The summed E-state index contributed by atoms with van der Waals surface area (Å²) < 4.78 is 7.01. The Hall–Kier alpha value is -3.31. The molecule has 2 atom stereocenters. The fraction of sp³-hybridized carbons (Fsp3) is 0.576. The first kappa shape index (κ1) is 30.7. The molecule has 0 radical (unpaired) electrons. The van der Waals surface area contributed by atoms with E-state index in [9.17, 15) is 14.4 Å². The quantitative estimate of drug-likeness (QED) is 0.384. The number of carbonyl (C=O) groups excluding carboxylic acids is 2. The highest BCUT2D eigenvalue weighted by molar-refractivity contribution is 8.01. The van der Waals surface area contributed by atoms with Crippen LogP contribution in [0.1, 0.15) is 63.4 Å². The Morgan fingerprint density at radius 2 is 1.77 bits per heavy atom. The highest BCUT2D eigenvalue weighted by atomic mass is 32.2. The van der Waals surface area contributed by atoms with Gasteiger partial charge in [-0.3, -0.25) is 14.2 Å². The van der Waals surface area contributed by atoms with Crippen LogP contribution in [0, 0.1) is 5.41 Å². The number of amides is 2. The van der Waals surface area contributed by atoms with Gasteiger partial charge in [-0.05, 0) is 61.6 Å². The Kier molecular flexibility index (Phi) is 8.79. The van der Waals surface area contributed by atoms with Gasteiger partial charge < -0.3 is 24.0 Å². The van der Waals surface area contributed by atoms with Crippen molar-refractivity contribution in [3.05, 3.63) is 58.7 Å². The van der Waals surface area contributed by atoms with Crippen molar-refractivity contribution in [2.75, 3.05) is 57.8 Å². The fourth-order valence-corrected chi connectivity index (χ4v) is 7.95. The topological polar surface area (TPSA) is 95.1 Å². The molecule has 0 spiro atoms. The summed E-state index contributed by atoms with van der Waals surface area (Å²) in [5.41, 5.74) is 3.44. The van der Waals surface area contributed by atoms with Crippen LogP contribution >= 0.6 is 11.8 Å². The largest absolute Gasteiger partial charge is 0.421 e. The van der Waals surface area contributed by atoms with Crippen LogP contribution in [0.2, 0.25) is 0 Å². The zero-order valence-corrected chi connectivity index (χ0v) is 27.1. The van der Waals surface area contributed by atoms with Crippen molar-refractivity contribution < 1.29 is 14.0 Å². The minimum absolute atomic E-state index is 0.00275. The standard InChI is InChI=1S/C33H44N6O4S/c1-33(2,3)12-16-38-30(41)27(44-31(38)23-7-5-8-25(21-23)36-19-17-35(4)18-20-36)22-28(40)37-14-10-24(11-15-37)39-26-9-6-13-34-29(26)43-32(39)42/h5-9,13,21,24,27,31H,10-12,14-20,22H2,1-4H3. The third-order valence-electron chi connectivity index (χ3n) is 9.19. The van der Waals surface area contributed by atoms with E-state index in [0.717, 1.165) is 38.2 Å². The van der Waals surface area contributed by atoms with Gasteiger partial charge in [-0.2, -0.15) is 0 Å². The number of thioether (sulfide) groups is 1. The van der Waals surface area contributed by atoms with E-state index in [1.807, 2.05) is 15.9 Å². The van der Waals surface area contributed by atoms with E-state index in [4.69, 9.17) is 4.42 Å². The zero-order chi connectivity index (χ0) is 31.0. The van der Waals surface area contributed by atoms with E-state index in [1.165, 1.54) is 5.69 Å². The Bertz CT molecular complexity index is 1550. The molecule has 0 aliphatic carbocycles. The van der Waals surface area contributed by atoms with Gasteiger partial charge in [0, 0.05) is 70.2 Å². The molecule has 0 bridgehead atoms. The molecule has 5 heterocycles. The van der Waals surface area contributed by atoms with E-state index in [2.05, 4.69) is 66.9 Å². The van der Waals surface area contributed by atoms with E-state index in [1.54, 1.807) is 28.6 Å². The van der Waals surface area contributed by atoms with Crippen LogP contribution < -0.4 is 10.7 Å². The van der Waals surface area contributed by atoms with Gasteiger partial charge in [0.2, 0.25) is 17.5 Å². The van der Waals surface area contributed by atoms with Crippen molar-refractivity contribution in [2.24, 2.45) is 5.41 Å². The average Bonchev–Trinajstić information content (AvgIpc) is 3.51. The normalized spacial score (nSPS) is 22.4. The number of benzene rings is 1. The molecule has 2 aromatic heterocycles. The van der Waals surface area contributed by atoms with Gasteiger partial charge in [0.05, 0.1) is 5.25 Å². The van der Waals surface area contributed by atoms with E-state index >= 15 is 0 Å². The number of pyridine rings is 1. The first-order valence-electron chi connectivity index (χ1n) is 15.8. The van der Waals surface area contributed by atoms with Crippen LogP contribution in [0.4, 0.5) is 5.69 Å². The van der Waals surface area contributed by atoms with Crippen molar-refractivity contribution in [1.29, 1.82) is 0 Å². The molecule has 3 aliphatic heterocycles. The molecule has 2 amide bonds. The smallest absolute Gasteiger partial charge is 0.389 e. The lowest BCUT2D eigenvalue weighted by molar-refractivity contribution is -0.136. The number of carbonyl (C=O) groups is 2. The molecule has 0 N–H and O–H groups in total. The second kappa shape index (κ2) is 12.6. The van der Waals surface area contributed by atoms with E-state index < -0.39 is 11.0 Å². The Morgan fingerprint density at radius 1 is 1.02 bits per heavy atom. The van der Waals surface area contributed by atoms with Crippen LogP contribution in [0.25, 0.3) is 11.2 Å². The molecule has 11 heteroatoms. The zero-order valence-electron chi connectivity index (χ0n) is 26.3. The third-order valence-corrected chi connectivity index (χ3v) is 10.7. The highest BCUT2D eigenvalue weighted by Gasteiger charge is 2.43. The average molecular weight is 621 g/mol. The predicted molar refractivity (Wildman–Crippen MR) is 174 cm³/mol. The van der Waals surface area contributed by atoms with Gasteiger partial charge >= 0.3 is 5.76 Å². The second-order valence-electron chi connectivity index (χ2n) is 13.6. The number of likely N-dealkylation sites (N-methyl/N-ethyl adjacent to an activating group) is 1. The number of rotatable bonds is 7. The number of piperazine rings is 1. The minimum Gasteiger partial charge on any atom is -0.389 e. The number of anilines is 1. The summed E-state index contributed by atoms with van der Waals surface area (Å²) in [5, 5.41) is -0.528. The molecule has 44 heavy (non-hydrogen) atoms. The summed E-state index contributed by atoms with van der Waals surface area (Å²) in [6, 6.07) is 12.2. The van der Waals surface area contributed by atoms with Crippen LogP contribution in [0.3, 0.4) is 0 Å². The summed E-state index contributed by atoms with van der Waals surface area (Å²) in [4.78, 5) is 52.8. The fourth-order valence-electron chi connectivity index (χ4n) is 6.49. The molecule has 236 valence electrons. The Labute approximate surface area is 263 Å². The molecule has 3 fully saturated rings. The Balaban J connectivity index is 1.13. The third kappa shape index (κ3) is 6.54. The lowest BCUT2D eigenvalue weighted by Gasteiger charge is -2.34. The molecule has 1 aromatic carbocycles. The molecule has 6 rings (SSSR count). The summed E-state index contributed by atoms with van der Waals surface area (Å²) in [6.07, 6.45) is 3.99. The summed E-state index contributed by atoms with van der Waals surface area (Å²) in [5.74, 6) is -0.348. The maximum Gasteiger partial charge on any atom is 0.421 e. The molecule has 2 unspecified atom stereocenters. The number of piperidine rings is 1. The van der Waals surface area contributed by atoms with Crippen molar-refractivity contribution >= 4 is 40.5 Å². The van der Waals surface area contributed by atoms with Crippen LogP contribution in [-0.2, 0) is 9.59 Å². The maximum atomic E-state index is 13.9. The Morgan fingerprint density at radius 3 is 2.50 bits per heavy atom. The molecular formula is C33H44N6O4S. The number of aromatic nitrogens is 2. The van der Waals surface area contributed by atoms with Gasteiger partial charge in [-0.1, -0.05) is 32.9 Å². The molecular weight excluding hydrogens is 576 g/mol. The molecule has 3 saturated heterocycles. The number of hydrogen-bond donors (Lipinski definition) is 0. The number of oxazole rings is 1. The first-order chi connectivity index (χ1) is 21.1. The molecule has 0 saturated carbocycles. The maximum absolute atomic E-state index is 13.9. The van der Waals surface area contributed by atoms with Gasteiger partial charge in [0.25, 0.3) is 0 Å². The van der Waals surface area contributed by atoms with E-state index in [0.29, 0.717) is 43.7 Å². The SMILES string of the molecule is CN1CCN(c2cccc(C3SC(CC(=O)N4CCC(n5c(=O)oc6ncccc65)CC4)C(=O)N3CCC(C)(C)C)c2)CC1. The summed E-state index contributed by atoms with van der Waals surface area (Å²) in [7, 11) is 2.16. The van der Waals surface area contributed by atoms with Gasteiger partial charge in [-0.25, -0.2) is 9.78 Å². The monoisotopic (exact) mass is 620 g/mol. The minimum atomic E-state index is -0.413.